The van der Waals surface area contributed by atoms with Crippen molar-refractivity contribution in [1.82, 2.24) is 9.21 Å². The summed E-state index contributed by atoms with van der Waals surface area (Å²) in [7, 11) is -3.82. The summed E-state index contributed by atoms with van der Waals surface area (Å²) in [4.78, 5) is 27.7. The van der Waals surface area contributed by atoms with E-state index in [1.807, 2.05) is 17.9 Å². The van der Waals surface area contributed by atoms with Crippen LogP contribution in [0, 0.1) is 10.1 Å². The average molecular weight is 491 g/mol. The summed E-state index contributed by atoms with van der Waals surface area (Å²) >= 11 is 0. The van der Waals surface area contributed by atoms with Gasteiger partial charge in [-0.05, 0) is 31.2 Å². The summed E-state index contributed by atoms with van der Waals surface area (Å²) in [6.07, 6.45) is 0. The van der Waals surface area contributed by atoms with E-state index < -0.39 is 14.9 Å². The lowest BCUT2D eigenvalue weighted by Gasteiger charge is -2.36. The van der Waals surface area contributed by atoms with Gasteiger partial charge in [0.25, 0.3) is 11.6 Å². The quantitative estimate of drug-likeness (QED) is 0.392. The molecule has 0 aliphatic carbocycles. The van der Waals surface area contributed by atoms with E-state index >= 15 is 0 Å². The van der Waals surface area contributed by atoms with Gasteiger partial charge in [-0.15, -0.1) is 0 Å². The first-order valence-electron chi connectivity index (χ1n) is 11.3. The summed E-state index contributed by atoms with van der Waals surface area (Å²) < 4.78 is 32.5. The first-order valence-corrected chi connectivity index (χ1v) is 12.7. The number of benzene rings is 2. The zero-order valence-electron chi connectivity index (χ0n) is 19.6. The molecule has 0 N–H and O–H groups in total. The Balaban J connectivity index is 1.80. The second kappa shape index (κ2) is 10.8. The van der Waals surface area contributed by atoms with Gasteiger partial charge in [-0.2, -0.15) is 4.31 Å². The lowest BCUT2D eigenvalue weighted by molar-refractivity contribution is -0.384. The highest BCUT2D eigenvalue weighted by atomic mass is 32.2. The van der Waals surface area contributed by atoms with Crippen LogP contribution < -0.4 is 9.64 Å². The Morgan fingerprint density at radius 3 is 2.29 bits per heavy atom. The maximum atomic E-state index is 13.0. The number of nitrogens with zero attached hydrogens (tertiary/aromatic N) is 4. The first-order chi connectivity index (χ1) is 16.2. The molecule has 0 atom stereocenters. The fraction of sp³-hybridized carbons (Fsp3) is 0.435. The van der Waals surface area contributed by atoms with Crippen LogP contribution in [0.3, 0.4) is 0 Å². The molecular formula is C23H30N4O6S. The number of piperazine rings is 1. The molecule has 2 aromatic carbocycles. The van der Waals surface area contributed by atoms with E-state index in [1.54, 1.807) is 36.9 Å². The molecule has 1 aliphatic heterocycles. The van der Waals surface area contributed by atoms with E-state index in [2.05, 4.69) is 0 Å². The number of anilines is 1. The molecule has 10 nitrogen and oxygen atoms in total. The third-order valence-electron chi connectivity index (χ3n) is 5.81. The number of para-hydroxylation sites is 1. The van der Waals surface area contributed by atoms with E-state index in [9.17, 15) is 23.3 Å². The van der Waals surface area contributed by atoms with Gasteiger partial charge in [-0.1, -0.05) is 26.0 Å². The minimum absolute atomic E-state index is 0.104. The lowest BCUT2D eigenvalue weighted by Crippen LogP contribution is -2.49. The van der Waals surface area contributed by atoms with Gasteiger partial charge in [-0.25, -0.2) is 8.42 Å². The van der Waals surface area contributed by atoms with Crippen molar-refractivity contribution in [2.75, 3.05) is 50.8 Å². The normalized spacial score (nSPS) is 14.4. The van der Waals surface area contributed by atoms with Crippen molar-refractivity contribution in [3.63, 3.8) is 0 Å². The largest absolute Gasteiger partial charge is 0.493 e. The van der Waals surface area contributed by atoms with Gasteiger partial charge >= 0.3 is 0 Å². The van der Waals surface area contributed by atoms with Crippen molar-refractivity contribution in [1.29, 1.82) is 0 Å². The smallest absolute Gasteiger partial charge is 0.293 e. The van der Waals surface area contributed by atoms with Crippen LogP contribution >= 0.6 is 0 Å². The Labute approximate surface area is 199 Å². The van der Waals surface area contributed by atoms with Crippen molar-refractivity contribution < 1.29 is 22.9 Å². The predicted molar refractivity (Wildman–Crippen MR) is 129 cm³/mol. The van der Waals surface area contributed by atoms with Crippen LogP contribution in [0.2, 0.25) is 0 Å². The zero-order chi connectivity index (χ0) is 24.9. The monoisotopic (exact) mass is 490 g/mol. The molecule has 1 aliphatic rings. The third-order valence-corrected chi connectivity index (χ3v) is 7.86. The van der Waals surface area contributed by atoms with Crippen LogP contribution in [0.15, 0.2) is 47.4 Å². The van der Waals surface area contributed by atoms with Crippen molar-refractivity contribution in [3.05, 3.63) is 58.1 Å². The minimum Gasteiger partial charge on any atom is -0.493 e. The number of rotatable bonds is 9. The predicted octanol–water partition coefficient (Wildman–Crippen LogP) is 2.99. The first kappa shape index (κ1) is 25.4. The van der Waals surface area contributed by atoms with Gasteiger partial charge in [0, 0.05) is 45.3 Å². The minimum atomic E-state index is -3.82. The fourth-order valence-electron chi connectivity index (χ4n) is 4.04. The summed E-state index contributed by atoms with van der Waals surface area (Å²) in [6.45, 7) is 7.79. The number of nitro benzene ring substituents is 1. The average Bonchev–Trinajstić information content (AvgIpc) is 2.84. The number of carbonyl (C=O) groups is 1. The van der Waals surface area contributed by atoms with E-state index in [0.29, 0.717) is 49.8 Å². The number of ether oxygens (including phenoxy) is 1. The Kier molecular flexibility index (Phi) is 8.11. The Bertz CT molecular complexity index is 1140. The molecule has 184 valence electrons. The van der Waals surface area contributed by atoms with Crippen molar-refractivity contribution in [2.24, 2.45) is 0 Å². The van der Waals surface area contributed by atoms with E-state index in [-0.39, 0.29) is 29.6 Å². The molecule has 11 heteroatoms. The van der Waals surface area contributed by atoms with Crippen molar-refractivity contribution in [3.8, 4) is 5.75 Å². The number of carbonyl (C=O) groups excluding carboxylic acids is 1. The molecule has 0 saturated carbocycles. The fourth-order valence-corrected chi connectivity index (χ4v) is 5.51. The summed E-state index contributed by atoms with van der Waals surface area (Å²) in [5.41, 5.74) is 0.551. The van der Waals surface area contributed by atoms with Gasteiger partial charge in [0.1, 0.15) is 11.4 Å². The highest BCUT2D eigenvalue weighted by Crippen LogP contribution is 2.33. The topological polar surface area (TPSA) is 113 Å². The molecule has 0 bridgehead atoms. The van der Waals surface area contributed by atoms with E-state index in [1.165, 1.54) is 16.4 Å². The maximum Gasteiger partial charge on any atom is 0.293 e. The van der Waals surface area contributed by atoms with E-state index in [4.69, 9.17) is 4.74 Å². The van der Waals surface area contributed by atoms with Crippen LogP contribution in [0.5, 0.6) is 5.75 Å². The Morgan fingerprint density at radius 1 is 1.06 bits per heavy atom. The third kappa shape index (κ3) is 5.15. The van der Waals surface area contributed by atoms with Crippen LogP contribution in [-0.2, 0) is 10.0 Å². The van der Waals surface area contributed by atoms with Gasteiger partial charge in [0.15, 0.2) is 0 Å². The van der Waals surface area contributed by atoms with Crippen LogP contribution in [0.4, 0.5) is 11.4 Å². The van der Waals surface area contributed by atoms with Crippen molar-refractivity contribution >= 4 is 27.3 Å². The molecule has 1 heterocycles. The van der Waals surface area contributed by atoms with Gasteiger partial charge in [-0.3, -0.25) is 14.9 Å². The highest BCUT2D eigenvalue weighted by molar-refractivity contribution is 7.89. The SMILES string of the molecule is CCOc1ccccc1C(=O)N1CCN(c2ccc(S(=O)(=O)N(CC)CC)cc2[N+](=O)[O-])CC1. The second-order valence-electron chi connectivity index (χ2n) is 7.71. The number of hydrogen-bond acceptors (Lipinski definition) is 7. The lowest BCUT2D eigenvalue weighted by atomic mass is 10.1. The van der Waals surface area contributed by atoms with Gasteiger partial charge in [0.2, 0.25) is 10.0 Å². The molecule has 0 spiro atoms. The number of nitro groups is 1. The standard InChI is InChI=1S/C23H30N4O6S/c1-4-26(5-2)34(31,32)18-11-12-20(21(17-18)27(29)30)24-13-15-25(16-14-24)23(28)19-9-7-8-10-22(19)33-6-3/h7-12,17H,4-6,13-16H2,1-3H3. The molecule has 2 aromatic rings. The summed E-state index contributed by atoms with van der Waals surface area (Å²) in [5.74, 6) is 0.372. The molecule has 1 amide bonds. The highest BCUT2D eigenvalue weighted by Gasteiger charge is 2.30. The molecular weight excluding hydrogens is 460 g/mol. The Morgan fingerprint density at radius 2 is 1.71 bits per heavy atom. The number of sulfonamides is 1. The van der Waals surface area contributed by atoms with Crippen LogP contribution in [0.1, 0.15) is 31.1 Å². The molecule has 0 aromatic heterocycles. The number of amides is 1. The number of hydrogen-bond donors (Lipinski definition) is 0. The summed E-state index contributed by atoms with van der Waals surface area (Å²) in [6, 6.07) is 11.1. The molecule has 1 saturated heterocycles. The molecule has 3 rings (SSSR count). The van der Waals surface area contributed by atoms with Gasteiger partial charge in [0.05, 0.1) is 22.0 Å². The second-order valence-corrected chi connectivity index (χ2v) is 9.64. The van der Waals surface area contributed by atoms with Crippen LogP contribution in [0.25, 0.3) is 0 Å². The molecule has 1 fully saturated rings. The van der Waals surface area contributed by atoms with Gasteiger partial charge < -0.3 is 14.5 Å². The Hall–Kier alpha value is -3.18. The molecule has 34 heavy (non-hydrogen) atoms. The zero-order valence-corrected chi connectivity index (χ0v) is 20.5. The van der Waals surface area contributed by atoms with Crippen molar-refractivity contribution in [2.45, 2.75) is 25.7 Å². The summed E-state index contributed by atoms with van der Waals surface area (Å²) in [5, 5.41) is 11.8. The van der Waals surface area contributed by atoms with Crippen LogP contribution in [-0.4, -0.2) is 74.3 Å². The maximum absolute atomic E-state index is 13.0. The molecule has 0 unspecified atom stereocenters. The molecule has 0 radical (unpaired) electrons. The van der Waals surface area contributed by atoms with E-state index in [0.717, 1.165) is 6.07 Å².